The third-order valence-corrected chi connectivity index (χ3v) is 6.43. The van der Waals surface area contributed by atoms with Gasteiger partial charge < -0.3 is 24.1 Å². The van der Waals surface area contributed by atoms with Crippen molar-refractivity contribution in [2.75, 3.05) is 7.11 Å². The molecule has 2 rings (SSSR count). The molecule has 4 N–H and O–H groups in total. The Bertz CT molecular complexity index is 699. The van der Waals surface area contributed by atoms with Crippen molar-refractivity contribution < 1.29 is 78.8 Å². The highest BCUT2D eigenvalue weighted by Gasteiger charge is 2.52. The molecule has 0 spiro atoms. The van der Waals surface area contributed by atoms with Gasteiger partial charge in [0, 0.05) is 13.0 Å². The van der Waals surface area contributed by atoms with Crippen molar-refractivity contribution in [2.45, 2.75) is 76.1 Å². The maximum atomic E-state index is 11.5. The molecule has 202 valence electrons. The topological polar surface area (TPSA) is 217 Å². The van der Waals surface area contributed by atoms with Crippen LogP contribution in [0.2, 0.25) is 0 Å². The van der Waals surface area contributed by atoms with E-state index in [1.54, 1.807) is 13.8 Å². The molecule has 2 saturated heterocycles. The zero-order valence-electron chi connectivity index (χ0n) is 18.1. The highest BCUT2D eigenvalue weighted by Crippen LogP contribution is 2.37. The van der Waals surface area contributed by atoms with Crippen LogP contribution in [0.5, 0.6) is 0 Å². The van der Waals surface area contributed by atoms with Crippen molar-refractivity contribution in [3.05, 3.63) is 0 Å². The summed E-state index contributed by atoms with van der Waals surface area (Å²) in [6, 6.07) is 0. The van der Waals surface area contributed by atoms with E-state index in [1.807, 2.05) is 0 Å². The number of rotatable bonds is 13. The molecule has 0 aromatic heterocycles. The van der Waals surface area contributed by atoms with E-state index in [0.29, 0.717) is 0 Å². The summed E-state index contributed by atoms with van der Waals surface area (Å²) >= 11 is 0.256. The molecule has 34 heavy (non-hydrogen) atoms. The summed E-state index contributed by atoms with van der Waals surface area (Å²) in [7, 11) is -3.66. The molecule has 10 atom stereocenters. The van der Waals surface area contributed by atoms with Gasteiger partial charge in [0.05, 0.1) is 12.2 Å². The molecule has 0 saturated carbocycles. The first-order valence-electron chi connectivity index (χ1n) is 9.47. The molecule has 0 aromatic rings. The number of methoxy groups -OCH3 is 1. The van der Waals surface area contributed by atoms with Gasteiger partial charge in [-0.25, -0.2) is 14.7 Å². The van der Waals surface area contributed by atoms with Crippen molar-refractivity contribution in [1.29, 1.82) is 0 Å². The van der Waals surface area contributed by atoms with Crippen molar-refractivity contribution >= 4 is 35.0 Å². The van der Waals surface area contributed by atoms with Crippen LogP contribution in [0.1, 0.15) is 20.8 Å². The van der Waals surface area contributed by atoms with Crippen LogP contribution in [0.15, 0.2) is 0 Å². The molecule has 0 bridgehead atoms. The molecule has 17 nitrogen and oxygen atoms in total. The van der Waals surface area contributed by atoms with E-state index in [2.05, 4.69) is 18.7 Å². The van der Waals surface area contributed by atoms with Crippen LogP contribution in [-0.2, 0) is 60.6 Å². The Morgan fingerprint density at radius 1 is 0.824 bits per heavy atom. The van der Waals surface area contributed by atoms with Gasteiger partial charge in [-0.15, -0.1) is 8.67 Å². The van der Waals surface area contributed by atoms with Gasteiger partial charge in [-0.05, 0) is 13.8 Å². The van der Waals surface area contributed by atoms with E-state index < -0.39 is 71.6 Å². The molecular formula is C14H26O17S3. The minimum absolute atomic E-state index is 0.0824. The number of hydrogen-bond acceptors (Lipinski definition) is 18. The fourth-order valence-corrected chi connectivity index (χ4v) is 4.62. The second-order valence-electron chi connectivity index (χ2n) is 7.14. The Kier molecular flexibility index (Phi) is 12.6. The number of aliphatic hydroxyl groups excluding tert-OH is 1. The van der Waals surface area contributed by atoms with Gasteiger partial charge in [0.1, 0.15) is 18.3 Å². The Morgan fingerprint density at radius 3 is 1.85 bits per heavy atom. The minimum Gasteiger partial charge on any atom is -0.388 e. The third kappa shape index (κ3) is 8.29. The number of ether oxygens (including phenoxy) is 4. The molecule has 2 heterocycles. The van der Waals surface area contributed by atoms with Crippen LogP contribution in [-0.4, -0.2) is 91.0 Å². The maximum absolute atomic E-state index is 11.5. The van der Waals surface area contributed by atoms with Gasteiger partial charge in [0.15, 0.2) is 49.4 Å². The molecule has 2 aliphatic heterocycles. The van der Waals surface area contributed by atoms with E-state index >= 15 is 0 Å². The van der Waals surface area contributed by atoms with E-state index in [1.165, 1.54) is 14.0 Å². The summed E-state index contributed by atoms with van der Waals surface area (Å²) in [5, 5.41) is 34.3. The second kappa shape index (κ2) is 14.1. The fourth-order valence-electron chi connectivity index (χ4n) is 3.36. The van der Waals surface area contributed by atoms with Crippen LogP contribution in [0.4, 0.5) is 0 Å². The van der Waals surface area contributed by atoms with Gasteiger partial charge >= 0.3 is 10.4 Å². The zero-order chi connectivity index (χ0) is 25.5. The monoisotopic (exact) mass is 562 g/mol. The molecule has 2 fully saturated rings. The first-order chi connectivity index (χ1) is 16.0. The average Bonchev–Trinajstić information content (AvgIpc) is 2.77. The highest BCUT2D eigenvalue weighted by atomic mass is 32.3. The fraction of sp³-hybridized carbons (Fsp3) is 1.00. The van der Waals surface area contributed by atoms with Gasteiger partial charge in [0.2, 0.25) is 0 Å². The Balaban J connectivity index is 2.33. The quantitative estimate of drug-likeness (QED) is 0.0786. The van der Waals surface area contributed by atoms with Gasteiger partial charge in [-0.1, -0.05) is 17.0 Å². The predicted octanol–water partition coefficient (Wildman–Crippen LogP) is 0.432. The van der Waals surface area contributed by atoms with E-state index in [-0.39, 0.29) is 24.6 Å². The van der Waals surface area contributed by atoms with Crippen LogP contribution in [0, 0.1) is 5.92 Å². The molecule has 2 aliphatic rings. The lowest BCUT2D eigenvalue weighted by Gasteiger charge is -2.47. The first kappa shape index (κ1) is 30.3. The number of aliphatic hydroxyl groups is 1. The standard InChI is InChI=1S/C14H26O17S3/c1-5-6(2)22-14(11(25-32-30-28-16)9(5)27-34(18,19)20)24-10-8(15)7(3)23-13(21-4)12(10)26-33-31-29-17/h5-17H,1-4H3,(H,18,19,20)/t5?,6?,7?,8-,9+,10+,11?,12?,13-,14+/m1/s1. The van der Waals surface area contributed by atoms with E-state index in [9.17, 15) is 18.1 Å². The van der Waals surface area contributed by atoms with Crippen LogP contribution < -0.4 is 0 Å². The smallest absolute Gasteiger partial charge is 0.388 e. The summed E-state index contributed by atoms with van der Waals surface area (Å²) in [6.45, 7) is 4.66. The van der Waals surface area contributed by atoms with Crippen molar-refractivity contribution in [1.82, 2.24) is 0 Å². The summed E-state index contributed by atoms with van der Waals surface area (Å²) in [5.74, 6) is -0.676. The number of hydrogen-bond donors (Lipinski definition) is 4. The Labute approximate surface area is 203 Å². The van der Waals surface area contributed by atoms with Crippen LogP contribution >= 0.6 is 24.6 Å². The maximum Gasteiger partial charge on any atom is 0.397 e. The average molecular weight is 563 g/mol. The predicted molar refractivity (Wildman–Crippen MR) is 107 cm³/mol. The first-order valence-corrected chi connectivity index (χ1v) is 12.2. The highest BCUT2D eigenvalue weighted by molar-refractivity contribution is 7.89. The third-order valence-electron chi connectivity index (χ3n) is 5.13. The Morgan fingerprint density at radius 2 is 1.35 bits per heavy atom. The summed E-state index contributed by atoms with van der Waals surface area (Å²) in [6.07, 6.45) is -10.8. The van der Waals surface area contributed by atoms with Gasteiger partial charge in [-0.2, -0.15) is 8.42 Å². The van der Waals surface area contributed by atoms with E-state index in [4.69, 9.17) is 42.0 Å². The largest absolute Gasteiger partial charge is 0.397 e. The Hall–Kier alpha value is 0.0500. The summed E-state index contributed by atoms with van der Waals surface area (Å²) < 4.78 is 78.3. The molecule has 20 heteroatoms. The SMILES string of the molecule is CO[C@@H]1OC(C)[C@@H](O)[C@H](O[C@@H]2OC(C)C(C)[C@H](OS(=O)(=O)O)C2OSOOO)C1OSOOO. The molecular weight excluding hydrogens is 536 g/mol. The van der Waals surface area contributed by atoms with Gasteiger partial charge in [-0.3, -0.25) is 12.9 Å². The second-order valence-corrected chi connectivity index (χ2v) is 9.11. The molecule has 0 radical (unpaired) electrons. The molecule has 0 amide bonds. The minimum atomic E-state index is -4.95. The van der Waals surface area contributed by atoms with Crippen LogP contribution in [0.3, 0.4) is 0 Å². The van der Waals surface area contributed by atoms with Crippen molar-refractivity contribution in [2.24, 2.45) is 5.92 Å². The molecule has 0 aromatic carbocycles. The zero-order valence-corrected chi connectivity index (χ0v) is 20.5. The lowest BCUT2D eigenvalue weighted by Crippen LogP contribution is -2.63. The van der Waals surface area contributed by atoms with Crippen molar-refractivity contribution in [3.63, 3.8) is 0 Å². The molecule has 0 aliphatic carbocycles. The lowest BCUT2D eigenvalue weighted by atomic mass is 9.91. The van der Waals surface area contributed by atoms with Gasteiger partial charge in [0.25, 0.3) is 0 Å². The normalized spacial score (nSPS) is 39.3. The lowest BCUT2D eigenvalue weighted by molar-refractivity contribution is -0.435. The van der Waals surface area contributed by atoms with E-state index in [0.717, 1.165) is 0 Å². The summed E-state index contributed by atoms with van der Waals surface area (Å²) in [4.78, 5) is 0. The van der Waals surface area contributed by atoms with Crippen LogP contribution in [0.25, 0.3) is 0 Å². The summed E-state index contributed by atoms with van der Waals surface area (Å²) in [5.41, 5.74) is 0. The molecule has 5 unspecified atom stereocenters. The van der Waals surface area contributed by atoms with Crippen molar-refractivity contribution in [3.8, 4) is 0 Å².